The number of piperazine rings is 1. The summed E-state index contributed by atoms with van der Waals surface area (Å²) in [6, 6.07) is 5.17. The van der Waals surface area contributed by atoms with Crippen molar-refractivity contribution >= 4 is 35.0 Å². The van der Waals surface area contributed by atoms with Crippen LogP contribution >= 0.6 is 23.2 Å². The largest absolute Gasteiger partial charge is 0.392 e. The van der Waals surface area contributed by atoms with Crippen LogP contribution in [0.1, 0.15) is 18.9 Å². The molecule has 6 nitrogen and oxygen atoms in total. The van der Waals surface area contributed by atoms with E-state index < -0.39 is 0 Å². The van der Waals surface area contributed by atoms with Crippen molar-refractivity contribution < 1.29 is 14.7 Å². The number of nitrogens with zero attached hydrogens (tertiary/aromatic N) is 3. The van der Waals surface area contributed by atoms with Gasteiger partial charge in [-0.05, 0) is 24.1 Å². The van der Waals surface area contributed by atoms with Crippen molar-refractivity contribution in [2.45, 2.75) is 31.9 Å². The van der Waals surface area contributed by atoms with E-state index in [2.05, 4.69) is 4.90 Å². The molecule has 3 rings (SSSR count). The van der Waals surface area contributed by atoms with Gasteiger partial charge in [0.05, 0.1) is 28.6 Å². The predicted octanol–water partition coefficient (Wildman–Crippen LogP) is 1.66. The molecule has 0 aliphatic carbocycles. The number of aliphatic hydroxyl groups is 1. The number of β-amino-alcohol motifs (C(OH)–C–C–N with tert-alkyl or cyclic N) is 1. The smallest absolute Gasteiger partial charge is 0.227 e. The SMILES string of the molecule is CC(=O)N1CCN(C(=O)Cc2ccc(Cl)c(Cl)c2)CC1CN1CCC(O)C1. The summed E-state index contributed by atoms with van der Waals surface area (Å²) in [4.78, 5) is 30.6. The topological polar surface area (TPSA) is 64.1 Å². The number of amides is 2. The zero-order valence-corrected chi connectivity index (χ0v) is 16.9. The molecule has 8 heteroatoms. The summed E-state index contributed by atoms with van der Waals surface area (Å²) >= 11 is 12.0. The lowest BCUT2D eigenvalue weighted by atomic mass is 10.1. The van der Waals surface area contributed by atoms with E-state index in [0.29, 0.717) is 42.8 Å². The lowest BCUT2D eigenvalue weighted by Crippen LogP contribution is -2.59. The molecule has 0 spiro atoms. The van der Waals surface area contributed by atoms with Crippen LogP contribution in [0, 0.1) is 0 Å². The van der Waals surface area contributed by atoms with Crippen molar-refractivity contribution in [2.24, 2.45) is 0 Å². The van der Waals surface area contributed by atoms with E-state index in [1.54, 1.807) is 25.1 Å². The van der Waals surface area contributed by atoms with Gasteiger partial charge >= 0.3 is 0 Å². The Labute approximate surface area is 169 Å². The summed E-state index contributed by atoms with van der Waals surface area (Å²) in [6.45, 7) is 5.25. The standard InChI is InChI=1S/C19H25Cl2N3O3/c1-13(25)24-7-6-23(11-15(24)10-22-5-4-16(26)12-22)19(27)9-14-2-3-17(20)18(21)8-14/h2-3,8,15-16,26H,4-7,9-12H2,1H3. The molecule has 0 aromatic heterocycles. The third-order valence-electron chi connectivity index (χ3n) is 5.30. The van der Waals surface area contributed by atoms with E-state index in [1.807, 2.05) is 9.80 Å². The number of hydrogen-bond acceptors (Lipinski definition) is 4. The monoisotopic (exact) mass is 413 g/mol. The molecule has 2 aliphatic heterocycles. The van der Waals surface area contributed by atoms with Gasteiger partial charge in [-0.25, -0.2) is 0 Å². The first kappa shape index (κ1) is 20.4. The van der Waals surface area contributed by atoms with Crippen LogP contribution < -0.4 is 0 Å². The van der Waals surface area contributed by atoms with Gasteiger partial charge < -0.3 is 14.9 Å². The van der Waals surface area contributed by atoms with E-state index in [4.69, 9.17) is 23.2 Å². The minimum absolute atomic E-state index is 0.0167. The Kier molecular flexibility index (Phi) is 6.63. The van der Waals surface area contributed by atoms with Gasteiger partial charge in [-0.1, -0.05) is 29.3 Å². The molecule has 27 heavy (non-hydrogen) atoms. The Bertz CT molecular complexity index is 715. The third kappa shape index (κ3) is 5.13. The molecule has 2 fully saturated rings. The van der Waals surface area contributed by atoms with Crippen LogP contribution in [0.3, 0.4) is 0 Å². The lowest BCUT2D eigenvalue weighted by molar-refractivity contribution is -0.141. The Hall–Kier alpha value is -1.34. The lowest BCUT2D eigenvalue weighted by Gasteiger charge is -2.42. The number of carbonyl (C=O) groups excluding carboxylic acids is 2. The Morgan fingerprint density at radius 2 is 1.93 bits per heavy atom. The highest BCUT2D eigenvalue weighted by Crippen LogP contribution is 2.23. The van der Waals surface area contributed by atoms with Gasteiger partial charge in [0.15, 0.2) is 0 Å². The molecule has 1 N–H and O–H groups in total. The van der Waals surface area contributed by atoms with Crippen LogP contribution in [-0.4, -0.2) is 83.0 Å². The first-order valence-corrected chi connectivity index (χ1v) is 9.98. The quantitative estimate of drug-likeness (QED) is 0.814. The van der Waals surface area contributed by atoms with Crippen LogP contribution in [0.5, 0.6) is 0 Å². The van der Waals surface area contributed by atoms with E-state index in [1.165, 1.54) is 0 Å². The van der Waals surface area contributed by atoms with Crippen molar-refractivity contribution in [3.8, 4) is 0 Å². The van der Waals surface area contributed by atoms with Crippen molar-refractivity contribution in [3.63, 3.8) is 0 Å². The van der Waals surface area contributed by atoms with Crippen molar-refractivity contribution in [2.75, 3.05) is 39.3 Å². The molecule has 148 valence electrons. The number of likely N-dealkylation sites (tertiary alicyclic amines) is 1. The summed E-state index contributed by atoms with van der Waals surface area (Å²) in [7, 11) is 0. The number of carbonyl (C=O) groups is 2. The molecule has 2 atom stereocenters. The van der Waals surface area contributed by atoms with Gasteiger partial charge in [0.25, 0.3) is 0 Å². The predicted molar refractivity (Wildman–Crippen MR) is 105 cm³/mol. The third-order valence-corrected chi connectivity index (χ3v) is 6.03. The van der Waals surface area contributed by atoms with Gasteiger partial charge in [0.2, 0.25) is 11.8 Å². The molecule has 2 unspecified atom stereocenters. The van der Waals surface area contributed by atoms with Crippen molar-refractivity contribution in [3.05, 3.63) is 33.8 Å². The fourth-order valence-corrected chi connectivity index (χ4v) is 4.19. The molecule has 2 saturated heterocycles. The second kappa shape index (κ2) is 8.78. The van der Waals surface area contributed by atoms with Crippen LogP contribution in [0.15, 0.2) is 18.2 Å². The maximum absolute atomic E-state index is 12.8. The van der Waals surface area contributed by atoms with E-state index in [0.717, 1.165) is 18.5 Å². The highest BCUT2D eigenvalue weighted by atomic mass is 35.5. The average molecular weight is 414 g/mol. The molecule has 0 bridgehead atoms. The molecule has 2 aliphatic rings. The summed E-state index contributed by atoms with van der Waals surface area (Å²) < 4.78 is 0. The Balaban J connectivity index is 1.64. The molecular formula is C19H25Cl2N3O3. The molecule has 2 amide bonds. The van der Waals surface area contributed by atoms with Crippen LogP contribution in [0.25, 0.3) is 0 Å². The number of rotatable bonds is 4. The number of hydrogen-bond donors (Lipinski definition) is 1. The molecule has 0 saturated carbocycles. The maximum atomic E-state index is 12.8. The molecule has 1 aromatic rings. The summed E-state index contributed by atoms with van der Waals surface area (Å²) in [5, 5.41) is 10.7. The van der Waals surface area contributed by atoms with E-state index in [9.17, 15) is 14.7 Å². The second-order valence-electron chi connectivity index (χ2n) is 7.33. The minimum atomic E-state index is -0.299. The fraction of sp³-hybridized carbons (Fsp3) is 0.579. The number of halogens is 2. The second-order valence-corrected chi connectivity index (χ2v) is 8.15. The van der Waals surface area contributed by atoms with Crippen molar-refractivity contribution in [1.29, 1.82) is 0 Å². The van der Waals surface area contributed by atoms with Gasteiger partial charge in [-0.2, -0.15) is 0 Å². The Morgan fingerprint density at radius 1 is 1.15 bits per heavy atom. The van der Waals surface area contributed by atoms with Gasteiger partial charge in [0, 0.05) is 46.2 Å². The average Bonchev–Trinajstić information content (AvgIpc) is 3.02. The molecule has 1 aromatic carbocycles. The fourth-order valence-electron chi connectivity index (χ4n) is 3.86. The van der Waals surface area contributed by atoms with Gasteiger partial charge in [-0.15, -0.1) is 0 Å². The van der Waals surface area contributed by atoms with Gasteiger partial charge in [0.1, 0.15) is 0 Å². The van der Waals surface area contributed by atoms with E-state index in [-0.39, 0.29) is 30.4 Å². The molecule has 2 heterocycles. The Morgan fingerprint density at radius 3 is 2.56 bits per heavy atom. The van der Waals surface area contributed by atoms with Crippen molar-refractivity contribution in [1.82, 2.24) is 14.7 Å². The molecular weight excluding hydrogens is 389 g/mol. The van der Waals surface area contributed by atoms with Crippen LogP contribution in [0.4, 0.5) is 0 Å². The normalized spacial score (nSPS) is 23.7. The van der Waals surface area contributed by atoms with Crippen LogP contribution in [-0.2, 0) is 16.0 Å². The first-order valence-electron chi connectivity index (χ1n) is 9.23. The minimum Gasteiger partial charge on any atom is -0.392 e. The van der Waals surface area contributed by atoms with E-state index >= 15 is 0 Å². The highest BCUT2D eigenvalue weighted by molar-refractivity contribution is 6.42. The highest BCUT2D eigenvalue weighted by Gasteiger charge is 2.33. The summed E-state index contributed by atoms with van der Waals surface area (Å²) in [5.74, 6) is 0.0411. The zero-order valence-electron chi connectivity index (χ0n) is 15.4. The first-order chi connectivity index (χ1) is 12.8. The van der Waals surface area contributed by atoms with Gasteiger partial charge in [-0.3, -0.25) is 14.5 Å². The number of benzene rings is 1. The van der Waals surface area contributed by atoms with Crippen LogP contribution in [0.2, 0.25) is 10.0 Å². The summed E-state index contributed by atoms with van der Waals surface area (Å²) in [5.41, 5.74) is 0.822. The molecule has 0 radical (unpaired) electrons. The zero-order chi connectivity index (χ0) is 19.6. The summed E-state index contributed by atoms with van der Waals surface area (Å²) in [6.07, 6.45) is 0.713. The maximum Gasteiger partial charge on any atom is 0.227 e. The number of aliphatic hydroxyl groups excluding tert-OH is 1.